The van der Waals surface area contributed by atoms with Crippen molar-refractivity contribution in [3.63, 3.8) is 0 Å². The van der Waals surface area contributed by atoms with Gasteiger partial charge in [-0.15, -0.1) is 0 Å². The zero-order chi connectivity index (χ0) is 20.4. The molecule has 0 bridgehead atoms. The van der Waals surface area contributed by atoms with Crippen LogP contribution in [0.25, 0.3) is 22.0 Å². The van der Waals surface area contributed by atoms with E-state index in [1.807, 2.05) is 36.4 Å². The molecule has 0 spiro atoms. The molecule has 2 heterocycles. The number of aromatic nitrogens is 2. The Morgan fingerprint density at radius 2 is 1.90 bits per heavy atom. The van der Waals surface area contributed by atoms with Crippen LogP contribution in [0.2, 0.25) is 5.02 Å². The van der Waals surface area contributed by atoms with Crippen molar-refractivity contribution < 1.29 is 9.53 Å². The molecule has 2 aromatic carbocycles. The second-order valence-corrected chi connectivity index (χ2v) is 7.17. The van der Waals surface area contributed by atoms with E-state index < -0.39 is 0 Å². The summed E-state index contributed by atoms with van der Waals surface area (Å²) in [6.45, 7) is 6.20. The molecule has 0 aliphatic carbocycles. The van der Waals surface area contributed by atoms with Gasteiger partial charge in [-0.05, 0) is 24.3 Å². The van der Waals surface area contributed by atoms with E-state index in [0.29, 0.717) is 31.2 Å². The number of hydrogen-bond donors (Lipinski definition) is 0. The van der Waals surface area contributed by atoms with E-state index in [0.717, 1.165) is 33.6 Å². The number of halogens is 1. The number of methoxy groups -OCH3 is 1. The summed E-state index contributed by atoms with van der Waals surface area (Å²) in [6, 6.07) is 11.6. The van der Waals surface area contributed by atoms with Crippen molar-refractivity contribution >= 4 is 34.2 Å². The molecule has 0 saturated carbocycles. The lowest BCUT2D eigenvalue weighted by atomic mass is 10.0. The number of nitrogens with zero attached hydrogens (tertiary/aromatic N) is 4. The fraction of sp³-hybridized carbons (Fsp3) is 0.227. The Balaban J connectivity index is 1.71. The van der Waals surface area contributed by atoms with Gasteiger partial charge in [0.1, 0.15) is 17.9 Å². The fourth-order valence-electron chi connectivity index (χ4n) is 3.66. The van der Waals surface area contributed by atoms with Crippen LogP contribution in [0, 0.1) is 0 Å². The third-order valence-corrected chi connectivity index (χ3v) is 5.48. The van der Waals surface area contributed by atoms with Crippen molar-refractivity contribution in [1.29, 1.82) is 0 Å². The molecule has 1 aliphatic heterocycles. The van der Waals surface area contributed by atoms with Gasteiger partial charge in [0.25, 0.3) is 0 Å². The summed E-state index contributed by atoms with van der Waals surface area (Å²) in [7, 11) is 1.64. The van der Waals surface area contributed by atoms with Crippen molar-refractivity contribution in [2.45, 2.75) is 0 Å². The minimum absolute atomic E-state index is 0.0401. The van der Waals surface area contributed by atoms with Crippen molar-refractivity contribution in [2.24, 2.45) is 0 Å². The van der Waals surface area contributed by atoms with Crippen LogP contribution in [-0.4, -0.2) is 54.1 Å². The van der Waals surface area contributed by atoms with E-state index in [2.05, 4.69) is 21.4 Å². The number of hydrogen-bond acceptors (Lipinski definition) is 5. The number of rotatable bonds is 4. The zero-order valence-electron chi connectivity index (χ0n) is 16.1. The Hall–Kier alpha value is -3.12. The van der Waals surface area contributed by atoms with Crippen LogP contribution in [0.1, 0.15) is 0 Å². The maximum Gasteiger partial charge on any atom is 0.246 e. The van der Waals surface area contributed by atoms with Gasteiger partial charge in [-0.1, -0.05) is 36.4 Å². The number of fused-ring (bicyclic) bond motifs is 1. The van der Waals surface area contributed by atoms with Crippen molar-refractivity contribution in [1.82, 2.24) is 14.9 Å². The van der Waals surface area contributed by atoms with Gasteiger partial charge in [-0.2, -0.15) is 0 Å². The third-order valence-electron chi connectivity index (χ3n) is 5.17. The number of benzene rings is 2. The maximum absolute atomic E-state index is 11.8. The lowest BCUT2D eigenvalue weighted by Crippen LogP contribution is -2.48. The Bertz CT molecular complexity index is 1080. The second-order valence-electron chi connectivity index (χ2n) is 6.76. The van der Waals surface area contributed by atoms with Gasteiger partial charge in [-0.25, -0.2) is 9.97 Å². The van der Waals surface area contributed by atoms with Crippen molar-refractivity contribution in [2.75, 3.05) is 38.2 Å². The average molecular weight is 409 g/mol. The first-order valence-electron chi connectivity index (χ1n) is 9.36. The van der Waals surface area contributed by atoms with Gasteiger partial charge in [0, 0.05) is 47.7 Å². The Morgan fingerprint density at radius 1 is 1.14 bits per heavy atom. The van der Waals surface area contributed by atoms with Crippen LogP contribution in [-0.2, 0) is 4.79 Å². The van der Waals surface area contributed by atoms with E-state index in [1.165, 1.54) is 6.08 Å². The van der Waals surface area contributed by atoms with Gasteiger partial charge in [0.05, 0.1) is 12.6 Å². The zero-order valence-corrected chi connectivity index (χ0v) is 16.9. The summed E-state index contributed by atoms with van der Waals surface area (Å²) in [5.74, 6) is 1.54. The van der Waals surface area contributed by atoms with E-state index in [-0.39, 0.29) is 5.91 Å². The molecule has 0 unspecified atom stereocenters. The first-order chi connectivity index (χ1) is 14.1. The first kappa shape index (κ1) is 19.2. The largest absolute Gasteiger partial charge is 0.496 e. The molecule has 148 valence electrons. The summed E-state index contributed by atoms with van der Waals surface area (Å²) in [6.07, 6.45) is 2.92. The summed E-state index contributed by atoms with van der Waals surface area (Å²) in [5.41, 5.74) is 2.59. The second kappa shape index (κ2) is 8.09. The number of amides is 1. The van der Waals surface area contributed by atoms with E-state index in [9.17, 15) is 4.79 Å². The number of ether oxygens (including phenoxy) is 1. The lowest BCUT2D eigenvalue weighted by Gasteiger charge is -2.35. The molecule has 1 saturated heterocycles. The molecule has 29 heavy (non-hydrogen) atoms. The maximum atomic E-state index is 11.8. The standard InChI is InChI=1S/C22H21ClN4O2/c1-3-21(28)26-8-10-27(11-9-26)22-17-12-18(23)16(13-19(17)24-14-25-22)15-6-4-5-7-20(15)29-2/h3-7,12-14H,1,8-11H2,2H3. The van der Waals surface area contributed by atoms with Crippen molar-refractivity contribution in [3.8, 4) is 16.9 Å². The Labute approximate surface area is 174 Å². The molecule has 7 heteroatoms. The number of anilines is 1. The third kappa shape index (κ3) is 3.63. The predicted molar refractivity (Wildman–Crippen MR) is 116 cm³/mol. The molecule has 1 aliphatic rings. The van der Waals surface area contributed by atoms with Crippen LogP contribution in [0.5, 0.6) is 5.75 Å². The van der Waals surface area contributed by atoms with E-state index >= 15 is 0 Å². The molecule has 1 aromatic heterocycles. The van der Waals surface area contributed by atoms with Crippen LogP contribution < -0.4 is 9.64 Å². The van der Waals surface area contributed by atoms with E-state index in [4.69, 9.17) is 16.3 Å². The highest BCUT2D eigenvalue weighted by molar-refractivity contribution is 6.34. The minimum atomic E-state index is -0.0401. The topological polar surface area (TPSA) is 58.6 Å². The van der Waals surface area contributed by atoms with Crippen LogP contribution in [0.15, 0.2) is 55.4 Å². The fourth-order valence-corrected chi connectivity index (χ4v) is 3.92. The summed E-state index contributed by atoms with van der Waals surface area (Å²) < 4.78 is 5.49. The summed E-state index contributed by atoms with van der Waals surface area (Å²) in [4.78, 5) is 24.7. The van der Waals surface area contributed by atoms with Gasteiger partial charge in [-0.3, -0.25) is 4.79 Å². The van der Waals surface area contributed by atoms with Gasteiger partial charge in [0.2, 0.25) is 5.91 Å². The Kier molecular flexibility index (Phi) is 5.36. The molecule has 1 fully saturated rings. The number of carbonyl (C=O) groups is 1. The highest BCUT2D eigenvalue weighted by atomic mass is 35.5. The lowest BCUT2D eigenvalue weighted by molar-refractivity contribution is -0.126. The molecule has 4 rings (SSSR count). The number of piperazine rings is 1. The Morgan fingerprint density at radius 3 is 2.62 bits per heavy atom. The predicted octanol–water partition coefficient (Wildman–Crippen LogP) is 3.79. The molecule has 0 radical (unpaired) electrons. The SMILES string of the molecule is C=CC(=O)N1CCN(c2ncnc3cc(-c4ccccc4OC)c(Cl)cc23)CC1. The molecule has 6 nitrogen and oxygen atoms in total. The summed E-state index contributed by atoms with van der Waals surface area (Å²) >= 11 is 6.67. The van der Waals surface area contributed by atoms with Crippen LogP contribution >= 0.6 is 11.6 Å². The monoisotopic (exact) mass is 408 g/mol. The number of carbonyl (C=O) groups excluding carboxylic acids is 1. The van der Waals surface area contributed by atoms with Gasteiger partial charge < -0.3 is 14.5 Å². The normalized spacial score (nSPS) is 14.1. The minimum Gasteiger partial charge on any atom is -0.496 e. The summed E-state index contributed by atoms with van der Waals surface area (Å²) in [5, 5.41) is 1.50. The molecular weight excluding hydrogens is 388 g/mol. The molecule has 0 atom stereocenters. The average Bonchev–Trinajstić information content (AvgIpc) is 2.78. The van der Waals surface area contributed by atoms with Gasteiger partial charge in [0.15, 0.2) is 0 Å². The molecule has 3 aromatic rings. The quantitative estimate of drug-likeness (QED) is 0.614. The van der Waals surface area contributed by atoms with Crippen LogP contribution in [0.4, 0.5) is 5.82 Å². The van der Waals surface area contributed by atoms with Crippen LogP contribution in [0.3, 0.4) is 0 Å². The van der Waals surface area contributed by atoms with E-state index in [1.54, 1.807) is 18.3 Å². The molecular formula is C22H21ClN4O2. The first-order valence-corrected chi connectivity index (χ1v) is 9.74. The van der Waals surface area contributed by atoms with Gasteiger partial charge >= 0.3 is 0 Å². The van der Waals surface area contributed by atoms with Crippen molar-refractivity contribution in [3.05, 3.63) is 60.4 Å². The number of para-hydroxylation sites is 1. The smallest absolute Gasteiger partial charge is 0.246 e. The molecule has 0 N–H and O–H groups in total. The molecule has 1 amide bonds. The highest BCUT2D eigenvalue weighted by Gasteiger charge is 2.22. The highest BCUT2D eigenvalue weighted by Crippen LogP contribution is 2.38.